The molecule has 2 nitrogen and oxygen atoms in total. The third kappa shape index (κ3) is 5.23. The van der Waals surface area contributed by atoms with Crippen molar-refractivity contribution in [2.75, 3.05) is 0 Å². The van der Waals surface area contributed by atoms with Crippen LogP contribution in [0, 0.1) is 46.3 Å². The molecule has 8 atom stereocenters. The monoisotopic (exact) mass is 558 g/mol. The lowest BCUT2D eigenvalue weighted by Gasteiger charge is -2.58. The SMILES string of the molecule is CC(C)CCC[C@@H](C)[C@H]1CC[C@H]2[C@@H]3CC=C4C[C@@H](OC(=O)c5ccc(Cl)cc5Cl)CC[C@]4(C)C3CC[C@]12C. The van der Waals surface area contributed by atoms with Crippen molar-refractivity contribution in [3.63, 3.8) is 0 Å². The first-order valence-corrected chi connectivity index (χ1v) is 16.1. The molecule has 0 aromatic heterocycles. The average molecular weight is 560 g/mol. The summed E-state index contributed by atoms with van der Waals surface area (Å²) in [6.07, 6.45) is 16.4. The lowest BCUT2D eigenvalue weighted by atomic mass is 9.47. The summed E-state index contributed by atoms with van der Waals surface area (Å²) in [5.41, 5.74) is 2.73. The highest BCUT2D eigenvalue weighted by atomic mass is 35.5. The van der Waals surface area contributed by atoms with Crippen LogP contribution in [0.3, 0.4) is 0 Å². The topological polar surface area (TPSA) is 26.3 Å². The molecular formula is C34H48Cl2O2. The van der Waals surface area contributed by atoms with Crippen molar-refractivity contribution >= 4 is 29.2 Å². The maximum atomic E-state index is 12.9. The molecule has 0 amide bonds. The fourth-order valence-electron chi connectivity index (χ4n) is 9.62. The summed E-state index contributed by atoms with van der Waals surface area (Å²) in [6.45, 7) is 12.5. The van der Waals surface area contributed by atoms with Gasteiger partial charge in [-0.15, -0.1) is 0 Å². The summed E-state index contributed by atoms with van der Waals surface area (Å²) < 4.78 is 5.99. The largest absolute Gasteiger partial charge is 0.458 e. The van der Waals surface area contributed by atoms with Crippen LogP contribution in [-0.4, -0.2) is 12.1 Å². The first-order chi connectivity index (χ1) is 18.0. The quantitative estimate of drug-likeness (QED) is 0.245. The zero-order valence-corrected chi connectivity index (χ0v) is 25.7. The number of esters is 1. The second kappa shape index (κ2) is 11.1. The van der Waals surface area contributed by atoms with Gasteiger partial charge in [0.1, 0.15) is 6.10 Å². The van der Waals surface area contributed by atoms with Crippen LogP contribution in [0.15, 0.2) is 29.8 Å². The second-order valence-corrected chi connectivity index (χ2v) is 15.0. The summed E-state index contributed by atoms with van der Waals surface area (Å²) in [6, 6.07) is 4.98. The van der Waals surface area contributed by atoms with Crippen LogP contribution in [-0.2, 0) is 4.74 Å². The molecule has 3 fully saturated rings. The molecule has 1 aromatic carbocycles. The molecule has 38 heavy (non-hydrogen) atoms. The number of hydrogen-bond acceptors (Lipinski definition) is 2. The Morgan fingerprint density at radius 1 is 1.03 bits per heavy atom. The van der Waals surface area contributed by atoms with Crippen LogP contribution in [0.2, 0.25) is 10.0 Å². The first kappa shape index (κ1) is 28.5. The maximum absolute atomic E-state index is 12.9. The van der Waals surface area contributed by atoms with Crippen LogP contribution in [0.5, 0.6) is 0 Å². The van der Waals surface area contributed by atoms with Gasteiger partial charge >= 0.3 is 5.97 Å². The Kier molecular flexibility index (Phi) is 8.35. The van der Waals surface area contributed by atoms with E-state index in [0.29, 0.717) is 21.0 Å². The number of rotatable bonds is 7. The van der Waals surface area contributed by atoms with Gasteiger partial charge in [-0.1, -0.05) is 88.7 Å². The molecule has 0 N–H and O–H groups in total. The van der Waals surface area contributed by atoms with Crippen LogP contribution >= 0.6 is 23.2 Å². The van der Waals surface area contributed by atoms with Gasteiger partial charge in [0, 0.05) is 11.4 Å². The smallest absolute Gasteiger partial charge is 0.339 e. The fraction of sp³-hybridized carbons (Fsp3) is 0.735. The normalized spacial score (nSPS) is 37.2. The number of fused-ring (bicyclic) bond motifs is 5. The third-order valence-electron chi connectivity index (χ3n) is 11.7. The van der Waals surface area contributed by atoms with Crippen LogP contribution in [0.25, 0.3) is 0 Å². The molecule has 0 radical (unpaired) electrons. The molecule has 0 bridgehead atoms. The zero-order valence-electron chi connectivity index (χ0n) is 24.2. The van der Waals surface area contributed by atoms with Gasteiger partial charge in [-0.3, -0.25) is 0 Å². The molecular weight excluding hydrogens is 511 g/mol. The molecule has 4 heteroatoms. The van der Waals surface area contributed by atoms with E-state index in [4.69, 9.17) is 27.9 Å². The van der Waals surface area contributed by atoms with E-state index in [-0.39, 0.29) is 17.5 Å². The Morgan fingerprint density at radius 3 is 2.55 bits per heavy atom. The number of carbonyl (C=O) groups is 1. The predicted molar refractivity (Wildman–Crippen MR) is 159 cm³/mol. The first-order valence-electron chi connectivity index (χ1n) is 15.4. The van der Waals surface area contributed by atoms with Crippen LogP contribution in [0.1, 0.15) is 116 Å². The lowest BCUT2D eigenvalue weighted by molar-refractivity contribution is -0.0594. The highest BCUT2D eigenvalue weighted by Gasteiger charge is 2.59. The van der Waals surface area contributed by atoms with Crippen molar-refractivity contribution in [2.45, 2.75) is 111 Å². The molecule has 0 aliphatic heterocycles. The van der Waals surface area contributed by atoms with Crippen LogP contribution < -0.4 is 0 Å². The molecule has 1 aromatic rings. The number of allylic oxidation sites excluding steroid dienone is 1. The van der Waals surface area contributed by atoms with Crippen molar-refractivity contribution in [1.29, 1.82) is 0 Å². The van der Waals surface area contributed by atoms with Crippen molar-refractivity contribution < 1.29 is 9.53 Å². The number of ether oxygens (including phenoxy) is 1. The Bertz CT molecular complexity index is 1060. The minimum atomic E-state index is -0.331. The minimum absolute atomic E-state index is 0.0680. The summed E-state index contributed by atoms with van der Waals surface area (Å²) in [4.78, 5) is 12.9. The van der Waals surface area contributed by atoms with E-state index in [0.717, 1.165) is 54.8 Å². The number of halogens is 2. The molecule has 0 saturated heterocycles. The summed E-state index contributed by atoms with van der Waals surface area (Å²) >= 11 is 12.3. The molecule has 4 aliphatic rings. The lowest BCUT2D eigenvalue weighted by Crippen LogP contribution is -2.51. The average Bonchev–Trinajstić information content (AvgIpc) is 3.21. The summed E-state index contributed by atoms with van der Waals surface area (Å²) in [5.74, 6) is 4.71. The van der Waals surface area contributed by atoms with Crippen molar-refractivity contribution in [1.82, 2.24) is 0 Å². The van der Waals surface area contributed by atoms with Crippen molar-refractivity contribution in [3.8, 4) is 0 Å². The van der Waals surface area contributed by atoms with Gasteiger partial charge in [-0.05, 0) is 109 Å². The van der Waals surface area contributed by atoms with E-state index in [2.05, 4.69) is 40.7 Å². The standard InChI is InChI=1S/C34H48Cl2O2/c1-21(2)7-6-8-22(3)28-13-14-29-26-11-9-23-19-25(38-32(37)27-12-10-24(35)20-31(27)36)15-17-33(23,4)30(26)16-18-34(28,29)5/h9-10,12,20-22,25-26,28-30H,6-8,11,13-19H2,1-5H3/t22-,25+,26+,28-,29+,30?,33+,34-/m1/s1. The molecule has 3 saturated carbocycles. The Balaban J connectivity index is 1.25. The number of hydrogen-bond donors (Lipinski definition) is 0. The molecule has 0 heterocycles. The van der Waals surface area contributed by atoms with Crippen molar-refractivity contribution in [2.24, 2.45) is 46.3 Å². The number of benzene rings is 1. The second-order valence-electron chi connectivity index (χ2n) is 14.2. The molecule has 210 valence electrons. The van der Waals surface area contributed by atoms with E-state index in [1.807, 2.05) is 0 Å². The molecule has 4 aliphatic carbocycles. The minimum Gasteiger partial charge on any atom is -0.458 e. The number of carbonyl (C=O) groups excluding carboxylic acids is 1. The van der Waals surface area contributed by atoms with Gasteiger partial charge in [0.15, 0.2) is 0 Å². The summed E-state index contributed by atoms with van der Waals surface area (Å²) in [5, 5.41) is 0.886. The third-order valence-corrected chi connectivity index (χ3v) is 12.2. The van der Waals surface area contributed by atoms with E-state index in [9.17, 15) is 4.79 Å². The Morgan fingerprint density at radius 2 is 1.82 bits per heavy atom. The van der Waals surface area contributed by atoms with E-state index < -0.39 is 0 Å². The zero-order chi connectivity index (χ0) is 27.2. The molecule has 0 spiro atoms. The fourth-order valence-corrected chi connectivity index (χ4v) is 10.1. The highest BCUT2D eigenvalue weighted by molar-refractivity contribution is 6.36. The summed E-state index contributed by atoms with van der Waals surface area (Å²) in [7, 11) is 0. The van der Waals surface area contributed by atoms with Gasteiger partial charge in [0.25, 0.3) is 0 Å². The Labute approximate surface area is 241 Å². The Hall–Kier alpha value is -0.990. The van der Waals surface area contributed by atoms with Gasteiger partial charge < -0.3 is 4.74 Å². The maximum Gasteiger partial charge on any atom is 0.339 e. The van der Waals surface area contributed by atoms with Gasteiger partial charge in [-0.2, -0.15) is 0 Å². The van der Waals surface area contributed by atoms with Gasteiger partial charge in [-0.25, -0.2) is 4.79 Å². The van der Waals surface area contributed by atoms with Gasteiger partial charge in [0.2, 0.25) is 0 Å². The van der Waals surface area contributed by atoms with Crippen LogP contribution in [0.4, 0.5) is 0 Å². The predicted octanol–water partition coefficient (Wildman–Crippen LogP) is 10.6. The molecule has 5 rings (SSSR count). The highest BCUT2D eigenvalue weighted by Crippen LogP contribution is 2.67. The molecule has 1 unspecified atom stereocenters. The van der Waals surface area contributed by atoms with E-state index in [1.165, 1.54) is 51.4 Å². The van der Waals surface area contributed by atoms with Gasteiger partial charge in [0.05, 0.1) is 10.6 Å². The van der Waals surface area contributed by atoms with E-state index >= 15 is 0 Å². The van der Waals surface area contributed by atoms with Crippen molar-refractivity contribution in [3.05, 3.63) is 45.5 Å². The van der Waals surface area contributed by atoms with E-state index in [1.54, 1.807) is 23.8 Å².